The molecule has 3 heteroatoms. The van der Waals surface area contributed by atoms with E-state index in [0.29, 0.717) is 5.96 Å². The van der Waals surface area contributed by atoms with E-state index in [-0.39, 0.29) is 5.54 Å². The van der Waals surface area contributed by atoms with Gasteiger partial charge in [0.15, 0.2) is 5.96 Å². The molecule has 0 saturated heterocycles. The summed E-state index contributed by atoms with van der Waals surface area (Å²) in [5.41, 5.74) is 8.52. The molecule has 0 aromatic heterocycles. The summed E-state index contributed by atoms with van der Waals surface area (Å²) in [6, 6.07) is 8.80. The Morgan fingerprint density at radius 1 is 1.29 bits per heavy atom. The van der Waals surface area contributed by atoms with Gasteiger partial charge in [-0.15, -0.1) is 0 Å². The van der Waals surface area contributed by atoms with Crippen molar-refractivity contribution in [3.05, 3.63) is 35.4 Å². The van der Waals surface area contributed by atoms with Crippen LogP contribution >= 0.6 is 0 Å². The molecule has 1 aromatic rings. The number of guanidine groups is 1. The highest BCUT2D eigenvalue weighted by Gasteiger charge is 2.38. The Kier molecular flexibility index (Phi) is 3.09. The number of hydrogen-bond donors (Lipinski definition) is 1. The van der Waals surface area contributed by atoms with Crippen LogP contribution in [-0.4, -0.2) is 23.9 Å². The third-order valence-corrected chi connectivity index (χ3v) is 3.72. The zero-order chi connectivity index (χ0) is 12.5. The minimum Gasteiger partial charge on any atom is -0.370 e. The standard InChI is InChI=1S/C14H21N3/c1-4-11-6-8-12(9-7-11)14(3)10-16-13(15)17(14)5-2/h6-9H,4-5,10H2,1-3H3,(H2,15,16). The number of benzene rings is 1. The Morgan fingerprint density at radius 3 is 2.47 bits per heavy atom. The van der Waals surface area contributed by atoms with Crippen LogP contribution in [0.2, 0.25) is 0 Å². The second-order valence-electron chi connectivity index (χ2n) is 4.74. The molecule has 1 atom stereocenters. The van der Waals surface area contributed by atoms with Crippen LogP contribution in [0.25, 0.3) is 0 Å². The van der Waals surface area contributed by atoms with Crippen molar-refractivity contribution < 1.29 is 0 Å². The van der Waals surface area contributed by atoms with Crippen molar-refractivity contribution in [2.24, 2.45) is 10.7 Å². The highest BCUT2D eigenvalue weighted by atomic mass is 15.3. The molecular weight excluding hydrogens is 210 g/mol. The fourth-order valence-corrected chi connectivity index (χ4v) is 2.52. The van der Waals surface area contributed by atoms with E-state index in [0.717, 1.165) is 19.5 Å². The van der Waals surface area contributed by atoms with Gasteiger partial charge in [-0.05, 0) is 31.4 Å². The summed E-state index contributed by atoms with van der Waals surface area (Å²) < 4.78 is 0. The van der Waals surface area contributed by atoms with E-state index in [2.05, 4.69) is 54.9 Å². The molecule has 0 aliphatic carbocycles. The van der Waals surface area contributed by atoms with Crippen molar-refractivity contribution in [3.63, 3.8) is 0 Å². The second kappa shape index (κ2) is 4.40. The Hall–Kier alpha value is -1.51. The lowest BCUT2D eigenvalue weighted by Gasteiger charge is -2.36. The number of nitrogens with zero attached hydrogens (tertiary/aromatic N) is 2. The average Bonchev–Trinajstić information content (AvgIpc) is 2.66. The van der Waals surface area contributed by atoms with Crippen molar-refractivity contribution in [3.8, 4) is 0 Å². The number of likely N-dealkylation sites (N-methyl/N-ethyl adjacent to an activating group) is 1. The first kappa shape index (κ1) is 12.0. The smallest absolute Gasteiger partial charge is 0.192 e. The van der Waals surface area contributed by atoms with Gasteiger partial charge >= 0.3 is 0 Å². The van der Waals surface area contributed by atoms with Crippen molar-refractivity contribution in [2.45, 2.75) is 32.7 Å². The van der Waals surface area contributed by atoms with E-state index < -0.39 is 0 Å². The quantitative estimate of drug-likeness (QED) is 0.865. The minimum absolute atomic E-state index is 0.0783. The third-order valence-electron chi connectivity index (χ3n) is 3.72. The number of hydrogen-bond acceptors (Lipinski definition) is 3. The predicted octanol–water partition coefficient (Wildman–Crippen LogP) is 2.11. The van der Waals surface area contributed by atoms with E-state index in [9.17, 15) is 0 Å². The first-order valence-corrected chi connectivity index (χ1v) is 6.28. The summed E-state index contributed by atoms with van der Waals surface area (Å²) in [6.45, 7) is 8.14. The lowest BCUT2D eigenvalue weighted by molar-refractivity contribution is 0.235. The molecule has 0 bridgehead atoms. The molecule has 0 fully saturated rings. The molecule has 0 saturated carbocycles. The van der Waals surface area contributed by atoms with Gasteiger partial charge in [-0.1, -0.05) is 31.2 Å². The summed E-state index contributed by atoms with van der Waals surface area (Å²) in [4.78, 5) is 6.56. The van der Waals surface area contributed by atoms with Crippen molar-refractivity contribution in [1.82, 2.24) is 4.90 Å². The maximum absolute atomic E-state index is 5.93. The summed E-state index contributed by atoms with van der Waals surface area (Å²) in [7, 11) is 0. The fourth-order valence-electron chi connectivity index (χ4n) is 2.52. The molecule has 17 heavy (non-hydrogen) atoms. The molecule has 1 aliphatic heterocycles. The Labute approximate surface area is 103 Å². The highest BCUT2D eigenvalue weighted by Crippen LogP contribution is 2.32. The zero-order valence-electron chi connectivity index (χ0n) is 10.9. The van der Waals surface area contributed by atoms with Crippen molar-refractivity contribution in [1.29, 1.82) is 0 Å². The predicted molar refractivity (Wildman–Crippen MR) is 72.0 cm³/mol. The molecule has 1 unspecified atom stereocenters. The molecule has 0 spiro atoms. The summed E-state index contributed by atoms with van der Waals surface area (Å²) >= 11 is 0. The molecule has 0 amide bonds. The van der Waals surface area contributed by atoms with Crippen LogP contribution in [-0.2, 0) is 12.0 Å². The molecule has 1 aliphatic rings. The van der Waals surface area contributed by atoms with E-state index in [1.807, 2.05) is 0 Å². The lowest BCUT2D eigenvalue weighted by atomic mass is 9.90. The molecular formula is C14H21N3. The monoisotopic (exact) mass is 231 g/mol. The molecule has 3 nitrogen and oxygen atoms in total. The topological polar surface area (TPSA) is 41.6 Å². The number of rotatable bonds is 3. The summed E-state index contributed by atoms with van der Waals surface area (Å²) in [5, 5.41) is 0. The van der Waals surface area contributed by atoms with Gasteiger partial charge < -0.3 is 10.6 Å². The van der Waals surface area contributed by atoms with Gasteiger partial charge in [0.05, 0.1) is 12.1 Å². The largest absolute Gasteiger partial charge is 0.370 e. The summed E-state index contributed by atoms with van der Waals surface area (Å²) in [5.74, 6) is 0.662. The van der Waals surface area contributed by atoms with Crippen molar-refractivity contribution >= 4 is 5.96 Å². The first-order valence-electron chi connectivity index (χ1n) is 6.28. The van der Waals surface area contributed by atoms with Crippen LogP contribution < -0.4 is 5.73 Å². The Morgan fingerprint density at radius 2 is 1.94 bits per heavy atom. The molecule has 92 valence electrons. The third kappa shape index (κ3) is 1.90. The molecule has 1 heterocycles. The van der Waals surface area contributed by atoms with Gasteiger partial charge in [-0.2, -0.15) is 0 Å². The van der Waals surface area contributed by atoms with Crippen LogP contribution in [0.5, 0.6) is 0 Å². The van der Waals surface area contributed by atoms with Gasteiger partial charge in [0.2, 0.25) is 0 Å². The van der Waals surface area contributed by atoms with E-state index in [1.165, 1.54) is 11.1 Å². The van der Waals surface area contributed by atoms with Crippen LogP contribution in [0.3, 0.4) is 0 Å². The minimum atomic E-state index is -0.0783. The molecule has 2 rings (SSSR count). The van der Waals surface area contributed by atoms with Gasteiger partial charge in [-0.3, -0.25) is 4.99 Å². The van der Waals surface area contributed by atoms with Crippen LogP contribution in [0.15, 0.2) is 29.3 Å². The molecule has 0 radical (unpaired) electrons. The number of nitrogens with two attached hydrogens (primary N) is 1. The Bertz CT molecular complexity index is 422. The van der Waals surface area contributed by atoms with E-state index >= 15 is 0 Å². The maximum Gasteiger partial charge on any atom is 0.192 e. The first-order chi connectivity index (χ1) is 8.11. The van der Waals surface area contributed by atoms with Gasteiger partial charge in [0, 0.05) is 6.54 Å². The van der Waals surface area contributed by atoms with Crippen LogP contribution in [0, 0.1) is 0 Å². The SMILES string of the molecule is CCc1ccc(C2(C)CN=C(N)N2CC)cc1. The van der Waals surface area contributed by atoms with Gasteiger partial charge in [0.25, 0.3) is 0 Å². The zero-order valence-corrected chi connectivity index (χ0v) is 10.9. The van der Waals surface area contributed by atoms with Gasteiger partial charge in [0.1, 0.15) is 0 Å². The highest BCUT2D eigenvalue weighted by molar-refractivity contribution is 5.81. The normalized spacial score (nSPS) is 23.9. The van der Waals surface area contributed by atoms with Crippen LogP contribution in [0.4, 0.5) is 0 Å². The number of aliphatic imine (C=N–C) groups is 1. The van der Waals surface area contributed by atoms with E-state index in [1.54, 1.807) is 0 Å². The molecule has 1 aromatic carbocycles. The molecule has 2 N–H and O–H groups in total. The summed E-state index contributed by atoms with van der Waals surface area (Å²) in [6.07, 6.45) is 1.08. The van der Waals surface area contributed by atoms with Crippen molar-refractivity contribution in [2.75, 3.05) is 13.1 Å². The second-order valence-corrected chi connectivity index (χ2v) is 4.74. The van der Waals surface area contributed by atoms with E-state index in [4.69, 9.17) is 5.73 Å². The Balaban J connectivity index is 2.32. The van der Waals surface area contributed by atoms with Gasteiger partial charge in [-0.25, -0.2) is 0 Å². The lowest BCUT2D eigenvalue weighted by Crippen LogP contribution is -2.47. The number of aryl methyl sites for hydroxylation is 1. The average molecular weight is 231 g/mol. The fraction of sp³-hybridized carbons (Fsp3) is 0.500. The van der Waals surface area contributed by atoms with Crippen LogP contribution in [0.1, 0.15) is 31.9 Å². The maximum atomic E-state index is 5.93.